The SMILES string of the molecule is CC(C)=CCC[C@@]1(C)C=Cc2c(O)c3c(c(CC4OC4(C)C)c2O1)O[C@]12C(=C[C@@H]4CC1C(C)(C)OC2(CC=C(C)OC=O)C4=O)C3=O. The zero-order chi connectivity index (χ0) is 33.9. The molecule has 4 bridgehead atoms. The molecule has 3 unspecified atom stereocenters. The zero-order valence-electron chi connectivity index (χ0n) is 28.4. The molecule has 1 aromatic carbocycles. The van der Waals surface area contributed by atoms with E-state index in [9.17, 15) is 19.5 Å². The number of carbonyl (C=O) groups excluding carboxylic acids is 3. The minimum Gasteiger partial charge on any atom is -0.506 e. The lowest BCUT2D eigenvalue weighted by Crippen LogP contribution is -2.72. The monoisotopic (exact) mass is 644 g/mol. The van der Waals surface area contributed by atoms with Gasteiger partial charge in [0.2, 0.25) is 0 Å². The summed E-state index contributed by atoms with van der Waals surface area (Å²) in [7, 11) is 0. The van der Waals surface area contributed by atoms with Gasteiger partial charge in [0.1, 0.15) is 34.2 Å². The highest BCUT2D eigenvalue weighted by molar-refractivity contribution is 6.19. The molecule has 0 aromatic heterocycles. The van der Waals surface area contributed by atoms with Crippen LogP contribution in [0.3, 0.4) is 0 Å². The number of benzene rings is 1. The second-order valence-electron chi connectivity index (χ2n) is 15.5. The fourth-order valence-corrected chi connectivity index (χ4v) is 8.70. The summed E-state index contributed by atoms with van der Waals surface area (Å²) in [5.74, 6) is -0.691. The Balaban J connectivity index is 1.43. The lowest BCUT2D eigenvalue weighted by Gasteiger charge is -2.56. The number of aromatic hydroxyl groups is 1. The maximum Gasteiger partial charge on any atom is 0.298 e. The number of hydrogen-bond acceptors (Lipinski definition) is 9. The van der Waals surface area contributed by atoms with E-state index in [1.807, 2.05) is 46.8 Å². The molecule has 8 rings (SSSR count). The van der Waals surface area contributed by atoms with E-state index in [4.69, 9.17) is 23.7 Å². The normalized spacial score (nSPS) is 34.8. The summed E-state index contributed by atoms with van der Waals surface area (Å²) < 4.78 is 31.9. The van der Waals surface area contributed by atoms with Gasteiger partial charge in [0, 0.05) is 35.8 Å². The molecule has 4 aliphatic heterocycles. The van der Waals surface area contributed by atoms with E-state index in [2.05, 4.69) is 19.9 Å². The number of hydrogen-bond donors (Lipinski definition) is 1. The molecule has 3 fully saturated rings. The van der Waals surface area contributed by atoms with Crippen LogP contribution >= 0.6 is 0 Å². The number of allylic oxidation sites excluding steroid dienone is 4. The Morgan fingerprint density at radius 3 is 2.43 bits per heavy atom. The molecule has 0 amide bonds. The van der Waals surface area contributed by atoms with Gasteiger partial charge in [-0.25, -0.2) is 0 Å². The lowest BCUT2D eigenvalue weighted by molar-refractivity contribution is -0.171. The molecule has 4 heterocycles. The first-order valence-electron chi connectivity index (χ1n) is 16.6. The van der Waals surface area contributed by atoms with Crippen LogP contribution in [0.1, 0.15) is 103 Å². The highest BCUT2D eigenvalue weighted by Crippen LogP contribution is 2.69. The average Bonchev–Trinajstić information content (AvgIpc) is 3.55. The molecular formula is C38H44O9. The largest absolute Gasteiger partial charge is 0.506 e. The number of ketones is 2. The Bertz CT molecular complexity index is 1740. The topological polar surface area (TPSA) is 121 Å². The third-order valence-corrected chi connectivity index (χ3v) is 11.2. The highest BCUT2D eigenvalue weighted by atomic mass is 16.6. The summed E-state index contributed by atoms with van der Waals surface area (Å²) in [6, 6.07) is 0. The first-order valence-corrected chi connectivity index (χ1v) is 16.6. The molecule has 0 radical (unpaired) electrons. The van der Waals surface area contributed by atoms with Gasteiger partial charge in [-0.05, 0) is 92.9 Å². The van der Waals surface area contributed by atoms with E-state index < -0.39 is 28.3 Å². The number of fused-ring (bicyclic) bond motifs is 2. The minimum atomic E-state index is -1.56. The van der Waals surface area contributed by atoms with Crippen LogP contribution in [0.15, 0.2) is 41.2 Å². The van der Waals surface area contributed by atoms with Crippen LogP contribution in [0.25, 0.3) is 6.08 Å². The third-order valence-electron chi connectivity index (χ3n) is 11.2. The Morgan fingerprint density at radius 1 is 1.04 bits per heavy atom. The molecule has 47 heavy (non-hydrogen) atoms. The number of carbonyl (C=O) groups is 3. The summed E-state index contributed by atoms with van der Waals surface area (Å²) in [4.78, 5) is 40.3. The van der Waals surface area contributed by atoms with E-state index in [0.29, 0.717) is 53.9 Å². The van der Waals surface area contributed by atoms with Crippen molar-refractivity contribution in [1.29, 1.82) is 0 Å². The molecule has 1 saturated carbocycles. The van der Waals surface area contributed by atoms with Gasteiger partial charge >= 0.3 is 0 Å². The van der Waals surface area contributed by atoms with E-state index in [1.165, 1.54) is 5.57 Å². The van der Waals surface area contributed by atoms with E-state index in [1.54, 1.807) is 19.1 Å². The molecular weight excluding hydrogens is 600 g/mol. The number of epoxide rings is 1. The number of ether oxygens (including phenoxy) is 5. The number of rotatable bonds is 9. The van der Waals surface area contributed by atoms with Crippen molar-refractivity contribution in [3.8, 4) is 17.2 Å². The summed E-state index contributed by atoms with van der Waals surface area (Å²) in [5.41, 5.74) is -2.26. The predicted molar refractivity (Wildman–Crippen MR) is 173 cm³/mol. The average molecular weight is 645 g/mol. The molecule has 1 spiro atoms. The van der Waals surface area contributed by atoms with E-state index in [0.717, 1.165) is 6.42 Å². The number of phenols is 1. The number of Topliss-reactive ketones (excluding diaryl/α,β-unsaturated/α-hetero) is 2. The van der Waals surface area contributed by atoms with Crippen LogP contribution in [0.4, 0.5) is 0 Å². The molecule has 1 N–H and O–H groups in total. The summed E-state index contributed by atoms with van der Waals surface area (Å²) in [5, 5.41) is 11.8. The van der Waals surface area contributed by atoms with Crippen molar-refractivity contribution in [1.82, 2.24) is 0 Å². The molecule has 9 heteroatoms. The second-order valence-corrected chi connectivity index (χ2v) is 15.5. The molecule has 1 aromatic rings. The minimum absolute atomic E-state index is 0.0363. The van der Waals surface area contributed by atoms with Gasteiger partial charge in [0.05, 0.1) is 22.9 Å². The Morgan fingerprint density at radius 2 is 1.77 bits per heavy atom. The zero-order valence-corrected chi connectivity index (χ0v) is 28.4. The first kappa shape index (κ1) is 31.9. The summed E-state index contributed by atoms with van der Waals surface area (Å²) in [6.45, 7) is 16.0. The van der Waals surface area contributed by atoms with Crippen molar-refractivity contribution < 1.29 is 43.2 Å². The summed E-state index contributed by atoms with van der Waals surface area (Å²) in [6.07, 6.45) is 11.5. The maximum atomic E-state index is 14.8. The van der Waals surface area contributed by atoms with Gasteiger partial charge in [0.25, 0.3) is 6.47 Å². The van der Waals surface area contributed by atoms with E-state index in [-0.39, 0.29) is 52.7 Å². The van der Waals surface area contributed by atoms with E-state index >= 15 is 0 Å². The Hall–Kier alpha value is -3.69. The van der Waals surface area contributed by atoms with Gasteiger partial charge in [-0.2, -0.15) is 0 Å². The molecule has 3 aliphatic carbocycles. The van der Waals surface area contributed by atoms with Crippen molar-refractivity contribution >= 4 is 24.1 Å². The van der Waals surface area contributed by atoms with Crippen LogP contribution in [0, 0.1) is 11.8 Å². The molecule has 250 valence electrons. The van der Waals surface area contributed by atoms with Crippen LogP contribution in [0.2, 0.25) is 0 Å². The van der Waals surface area contributed by atoms with Crippen LogP contribution in [-0.2, 0) is 30.2 Å². The molecule has 6 atom stereocenters. The van der Waals surface area contributed by atoms with Crippen LogP contribution in [0.5, 0.6) is 17.2 Å². The van der Waals surface area contributed by atoms with Gasteiger partial charge in [0.15, 0.2) is 22.8 Å². The molecule has 7 aliphatic rings. The fourth-order valence-electron chi connectivity index (χ4n) is 8.70. The Kier molecular flexibility index (Phi) is 6.89. The predicted octanol–water partition coefficient (Wildman–Crippen LogP) is 6.50. The quantitative estimate of drug-likeness (QED) is 0.139. The van der Waals surface area contributed by atoms with Crippen molar-refractivity contribution in [2.45, 2.75) is 122 Å². The number of phenolic OH excluding ortho intramolecular Hbond substituents is 1. The molecule has 9 nitrogen and oxygen atoms in total. The first-order chi connectivity index (χ1) is 22.0. The second kappa shape index (κ2) is 10.2. The third kappa shape index (κ3) is 4.45. The van der Waals surface area contributed by atoms with Gasteiger partial charge in [-0.15, -0.1) is 0 Å². The van der Waals surface area contributed by atoms with Gasteiger partial charge < -0.3 is 28.8 Å². The fraction of sp³-hybridized carbons (Fsp3) is 0.553. The molecule has 2 saturated heterocycles. The van der Waals surface area contributed by atoms with Crippen molar-refractivity contribution in [2.24, 2.45) is 11.8 Å². The Labute approximate surface area is 275 Å². The standard InChI is InChI=1S/C38H44O9/c1-20(2)10-9-13-36(8)14-12-23-29(40)28-30(41)25-16-22-17-26-34(4,5)47-37(33(22)42,15-11-21(3)43-19-39)38(25,26)46-32(28)24(31(23)45-36)18-27-35(6,7)44-27/h10-12,14,16,19,22,26-27,40H,9,13,15,17-18H2,1-8H3/t22-,26?,27?,36+,37?,38-/m1/s1. The lowest BCUT2D eigenvalue weighted by atomic mass is 9.51. The smallest absolute Gasteiger partial charge is 0.298 e. The summed E-state index contributed by atoms with van der Waals surface area (Å²) >= 11 is 0. The van der Waals surface area contributed by atoms with Gasteiger partial charge in [-0.3, -0.25) is 14.4 Å². The maximum absolute atomic E-state index is 14.8. The van der Waals surface area contributed by atoms with Crippen LogP contribution < -0.4 is 9.47 Å². The highest BCUT2D eigenvalue weighted by Gasteiger charge is 2.81. The van der Waals surface area contributed by atoms with Crippen molar-refractivity contribution in [3.05, 3.63) is 57.9 Å². The van der Waals surface area contributed by atoms with Crippen LogP contribution in [-0.4, -0.2) is 57.3 Å². The van der Waals surface area contributed by atoms with Gasteiger partial charge in [-0.1, -0.05) is 17.7 Å². The van der Waals surface area contributed by atoms with Crippen molar-refractivity contribution in [3.63, 3.8) is 0 Å². The van der Waals surface area contributed by atoms with Crippen molar-refractivity contribution in [2.75, 3.05) is 0 Å².